The first kappa shape index (κ1) is 20.2. The molecule has 28 heavy (non-hydrogen) atoms. The number of hydrogen-bond donors (Lipinski definition) is 1. The fraction of sp³-hybridized carbons (Fsp3) is 0.500. The molecule has 1 fully saturated rings. The number of aromatic nitrogens is 2. The van der Waals surface area contributed by atoms with E-state index in [2.05, 4.69) is 9.72 Å². The molecule has 0 bridgehead atoms. The first-order valence-corrected chi connectivity index (χ1v) is 9.42. The Labute approximate surface area is 161 Å². The summed E-state index contributed by atoms with van der Waals surface area (Å²) in [6.45, 7) is 2.14. The van der Waals surface area contributed by atoms with Crippen molar-refractivity contribution >= 4 is 5.97 Å². The van der Waals surface area contributed by atoms with E-state index in [1.165, 1.54) is 37.5 Å². The van der Waals surface area contributed by atoms with Gasteiger partial charge in [-0.2, -0.15) is 0 Å². The van der Waals surface area contributed by atoms with Crippen LogP contribution in [0.15, 0.2) is 24.3 Å². The van der Waals surface area contributed by atoms with Crippen molar-refractivity contribution in [2.45, 2.75) is 58.4 Å². The van der Waals surface area contributed by atoms with E-state index in [9.17, 15) is 23.1 Å². The minimum atomic E-state index is -4.85. The van der Waals surface area contributed by atoms with E-state index in [0.29, 0.717) is 18.2 Å². The zero-order valence-electron chi connectivity index (χ0n) is 15.6. The molecule has 0 amide bonds. The maximum absolute atomic E-state index is 12.8. The third kappa shape index (κ3) is 4.66. The van der Waals surface area contributed by atoms with Gasteiger partial charge in [-0.3, -0.25) is 0 Å². The topological polar surface area (TPSA) is 64.3 Å². The van der Waals surface area contributed by atoms with E-state index in [1.54, 1.807) is 17.6 Å². The maximum atomic E-state index is 12.8. The highest BCUT2D eigenvalue weighted by Crippen LogP contribution is 2.35. The lowest BCUT2D eigenvalue weighted by atomic mass is 9.87. The van der Waals surface area contributed by atoms with E-state index < -0.39 is 18.1 Å². The van der Waals surface area contributed by atoms with Crippen LogP contribution < -0.4 is 4.74 Å². The van der Waals surface area contributed by atoms with Crippen molar-refractivity contribution in [2.75, 3.05) is 0 Å². The molecular weight excluding hydrogens is 373 g/mol. The molecule has 1 aromatic carbocycles. The largest absolute Gasteiger partial charge is 0.573 e. The monoisotopic (exact) mass is 396 g/mol. The van der Waals surface area contributed by atoms with E-state index in [1.807, 2.05) is 0 Å². The van der Waals surface area contributed by atoms with Crippen molar-refractivity contribution in [1.29, 1.82) is 0 Å². The molecule has 1 aromatic heterocycles. The first-order valence-electron chi connectivity index (χ1n) is 9.42. The van der Waals surface area contributed by atoms with Crippen molar-refractivity contribution < 1.29 is 27.8 Å². The number of benzene rings is 1. The summed E-state index contributed by atoms with van der Waals surface area (Å²) >= 11 is 0. The summed E-state index contributed by atoms with van der Waals surface area (Å²) in [6.07, 6.45) is 1.85. The number of ether oxygens (including phenoxy) is 1. The summed E-state index contributed by atoms with van der Waals surface area (Å²) in [5.74, 6) is -0.871. The minimum absolute atomic E-state index is 0.124. The number of carbonyl (C=O) groups is 1. The van der Waals surface area contributed by atoms with Gasteiger partial charge in [-0.05, 0) is 31.4 Å². The van der Waals surface area contributed by atoms with Crippen molar-refractivity contribution in [3.63, 3.8) is 0 Å². The lowest BCUT2D eigenvalue weighted by Crippen LogP contribution is -2.18. The molecule has 0 saturated heterocycles. The highest BCUT2D eigenvalue weighted by molar-refractivity contribution is 5.88. The fourth-order valence-electron chi connectivity index (χ4n) is 3.87. The molecule has 152 valence electrons. The molecule has 0 aliphatic heterocycles. The summed E-state index contributed by atoms with van der Waals surface area (Å²) in [5, 5.41) is 9.44. The average Bonchev–Trinajstić information content (AvgIpc) is 2.96. The van der Waals surface area contributed by atoms with Crippen molar-refractivity contribution in [2.24, 2.45) is 5.92 Å². The molecule has 0 unspecified atom stereocenters. The number of halogens is 3. The highest BCUT2D eigenvalue weighted by atomic mass is 19.4. The summed E-state index contributed by atoms with van der Waals surface area (Å²) in [5.41, 5.74) is 0.402. The van der Waals surface area contributed by atoms with Gasteiger partial charge in [0.15, 0.2) is 5.69 Å². The van der Waals surface area contributed by atoms with Crippen LogP contribution in [-0.2, 0) is 6.54 Å². The number of para-hydroxylation sites is 1. The Bertz CT molecular complexity index is 840. The number of imidazole rings is 1. The SMILES string of the molecule is Cc1c(C(=O)O)nc(-c2ccccc2OC(F)(F)F)n1CCC1CCCCC1. The zero-order valence-corrected chi connectivity index (χ0v) is 15.6. The Kier molecular flexibility index (Phi) is 5.96. The molecule has 1 N–H and O–H groups in total. The van der Waals surface area contributed by atoms with Gasteiger partial charge in [0.25, 0.3) is 0 Å². The van der Waals surface area contributed by atoms with Crippen LogP contribution in [-0.4, -0.2) is 27.0 Å². The molecule has 0 atom stereocenters. The van der Waals surface area contributed by atoms with Gasteiger partial charge in [0.2, 0.25) is 0 Å². The predicted molar refractivity (Wildman–Crippen MR) is 97.2 cm³/mol. The lowest BCUT2D eigenvalue weighted by molar-refractivity contribution is -0.274. The van der Waals surface area contributed by atoms with Crippen LogP contribution in [0.4, 0.5) is 13.2 Å². The normalized spacial score (nSPS) is 15.6. The molecule has 8 heteroatoms. The van der Waals surface area contributed by atoms with Crippen LogP contribution in [0.5, 0.6) is 5.75 Å². The van der Waals surface area contributed by atoms with Gasteiger partial charge in [-0.25, -0.2) is 9.78 Å². The number of alkyl halides is 3. The molecular formula is C20H23F3N2O3. The molecule has 5 nitrogen and oxygen atoms in total. The van der Waals surface area contributed by atoms with E-state index in [0.717, 1.165) is 19.3 Å². The predicted octanol–water partition coefficient (Wildman–Crippen LogP) is 5.43. The molecule has 0 radical (unpaired) electrons. The second-order valence-electron chi connectivity index (χ2n) is 7.16. The summed E-state index contributed by atoms with van der Waals surface area (Å²) in [6, 6.07) is 5.68. The molecule has 1 saturated carbocycles. The van der Waals surface area contributed by atoms with Gasteiger partial charge in [0.05, 0.1) is 5.56 Å². The third-order valence-corrected chi connectivity index (χ3v) is 5.26. The number of nitrogens with zero attached hydrogens (tertiary/aromatic N) is 2. The van der Waals surface area contributed by atoms with Gasteiger partial charge < -0.3 is 14.4 Å². The van der Waals surface area contributed by atoms with Gasteiger partial charge in [0.1, 0.15) is 11.6 Å². The van der Waals surface area contributed by atoms with E-state index in [4.69, 9.17) is 0 Å². The highest BCUT2D eigenvalue weighted by Gasteiger charge is 2.33. The Hall–Kier alpha value is -2.51. The standard InChI is InChI=1S/C20H23F3N2O3/c1-13-17(19(26)27)24-18(25(13)12-11-14-7-3-2-4-8-14)15-9-5-6-10-16(15)28-20(21,22)23/h5-6,9-10,14H,2-4,7-8,11-12H2,1H3,(H,26,27). The van der Waals surface area contributed by atoms with Crippen LogP contribution in [0.25, 0.3) is 11.4 Å². The molecule has 1 heterocycles. The average molecular weight is 396 g/mol. The van der Waals surface area contributed by atoms with Crippen molar-refractivity contribution in [3.05, 3.63) is 35.7 Å². The number of hydrogen-bond acceptors (Lipinski definition) is 3. The second kappa shape index (κ2) is 8.24. The third-order valence-electron chi connectivity index (χ3n) is 5.26. The van der Waals surface area contributed by atoms with E-state index >= 15 is 0 Å². The first-order chi connectivity index (χ1) is 13.3. The zero-order chi connectivity index (χ0) is 20.3. The maximum Gasteiger partial charge on any atom is 0.573 e. The number of carboxylic acid groups (broad SMARTS) is 1. The molecule has 0 spiro atoms. The Morgan fingerprint density at radius 3 is 2.57 bits per heavy atom. The van der Waals surface area contributed by atoms with Gasteiger partial charge >= 0.3 is 12.3 Å². The van der Waals surface area contributed by atoms with Crippen LogP contribution in [0.3, 0.4) is 0 Å². The summed E-state index contributed by atoms with van der Waals surface area (Å²) < 4.78 is 44.2. The van der Waals surface area contributed by atoms with Gasteiger partial charge in [-0.15, -0.1) is 13.2 Å². The molecule has 3 rings (SSSR count). The summed E-state index contributed by atoms with van der Waals surface area (Å²) in [4.78, 5) is 15.7. The van der Waals surface area contributed by atoms with Gasteiger partial charge in [0, 0.05) is 12.2 Å². The molecule has 1 aliphatic carbocycles. The van der Waals surface area contributed by atoms with Gasteiger partial charge in [-0.1, -0.05) is 44.2 Å². The quantitative estimate of drug-likeness (QED) is 0.708. The summed E-state index contributed by atoms with van der Waals surface area (Å²) in [7, 11) is 0. The minimum Gasteiger partial charge on any atom is -0.476 e. The number of carboxylic acids is 1. The Balaban J connectivity index is 1.98. The van der Waals surface area contributed by atoms with E-state index in [-0.39, 0.29) is 17.1 Å². The Morgan fingerprint density at radius 2 is 1.93 bits per heavy atom. The van der Waals surface area contributed by atoms with Crippen molar-refractivity contribution in [1.82, 2.24) is 9.55 Å². The lowest BCUT2D eigenvalue weighted by Gasteiger charge is -2.22. The van der Waals surface area contributed by atoms with Crippen LogP contribution in [0.1, 0.15) is 54.7 Å². The smallest absolute Gasteiger partial charge is 0.476 e. The number of aromatic carboxylic acids is 1. The number of rotatable bonds is 6. The van der Waals surface area contributed by atoms with Crippen LogP contribution in [0, 0.1) is 12.8 Å². The van der Waals surface area contributed by atoms with Crippen LogP contribution >= 0.6 is 0 Å². The molecule has 2 aromatic rings. The van der Waals surface area contributed by atoms with Crippen molar-refractivity contribution in [3.8, 4) is 17.1 Å². The molecule has 1 aliphatic rings. The second-order valence-corrected chi connectivity index (χ2v) is 7.16. The van der Waals surface area contributed by atoms with Crippen LogP contribution in [0.2, 0.25) is 0 Å². The Morgan fingerprint density at radius 1 is 1.25 bits per heavy atom. The fourth-order valence-corrected chi connectivity index (χ4v) is 3.87.